The molecule has 0 spiro atoms. The average Bonchev–Trinajstić information content (AvgIpc) is 3.23. The third-order valence-electron chi connectivity index (χ3n) is 5.27. The van der Waals surface area contributed by atoms with Crippen LogP contribution in [0.4, 0.5) is 8.78 Å². The molecule has 2 heterocycles. The molecule has 1 aliphatic heterocycles. The molecule has 0 saturated carbocycles. The molecule has 1 amide bonds. The zero-order valence-electron chi connectivity index (χ0n) is 15.9. The molecule has 3 nitrogen and oxygen atoms in total. The van der Waals surface area contributed by atoms with Crippen molar-refractivity contribution in [3.8, 4) is 11.3 Å². The molecule has 30 heavy (non-hydrogen) atoms. The minimum Gasteiger partial charge on any atom is -0.342 e. The zero-order valence-corrected chi connectivity index (χ0v) is 18.2. The average molecular weight is 467 g/mol. The van der Waals surface area contributed by atoms with E-state index >= 15 is 0 Å². The highest BCUT2D eigenvalue weighted by Gasteiger charge is 2.26. The van der Waals surface area contributed by atoms with E-state index in [2.05, 4.69) is 0 Å². The fourth-order valence-corrected chi connectivity index (χ4v) is 4.87. The summed E-state index contributed by atoms with van der Waals surface area (Å²) >= 11 is 13.7. The normalized spacial score (nSPS) is 14.9. The molecule has 0 unspecified atom stereocenters. The number of hydrogen-bond acceptors (Lipinski definition) is 3. The van der Waals surface area contributed by atoms with Crippen LogP contribution < -0.4 is 0 Å². The smallest absolute Gasteiger partial charge is 0.226 e. The van der Waals surface area contributed by atoms with Gasteiger partial charge in [0.05, 0.1) is 27.2 Å². The van der Waals surface area contributed by atoms with E-state index in [-0.39, 0.29) is 12.3 Å². The van der Waals surface area contributed by atoms with E-state index in [1.54, 1.807) is 22.3 Å². The highest BCUT2D eigenvalue weighted by molar-refractivity contribution is 7.10. The molecule has 0 bridgehead atoms. The number of carbonyl (C=O) groups excluding carboxylic acids is 1. The van der Waals surface area contributed by atoms with Gasteiger partial charge in [-0.25, -0.2) is 13.8 Å². The van der Waals surface area contributed by atoms with Gasteiger partial charge in [0.2, 0.25) is 5.91 Å². The summed E-state index contributed by atoms with van der Waals surface area (Å²) in [5.74, 6) is -1.62. The number of hydrogen-bond donors (Lipinski definition) is 0. The molecule has 0 radical (unpaired) electrons. The van der Waals surface area contributed by atoms with Crippen molar-refractivity contribution in [2.75, 3.05) is 13.1 Å². The first kappa shape index (κ1) is 21.2. The van der Waals surface area contributed by atoms with Crippen molar-refractivity contribution in [1.29, 1.82) is 0 Å². The Morgan fingerprint density at radius 2 is 1.83 bits per heavy atom. The van der Waals surface area contributed by atoms with Gasteiger partial charge >= 0.3 is 0 Å². The van der Waals surface area contributed by atoms with E-state index in [4.69, 9.17) is 28.2 Å². The van der Waals surface area contributed by atoms with Crippen molar-refractivity contribution in [1.82, 2.24) is 9.88 Å². The second-order valence-electron chi connectivity index (χ2n) is 7.28. The maximum atomic E-state index is 13.4. The number of benzene rings is 2. The number of thiazole rings is 1. The Balaban J connectivity index is 1.36. The van der Waals surface area contributed by atoms with E-state index in [0.29, 0.717) is 34.6 Å². The van der Waals surface area contributed by atoms with Gasteiger partial charge in [-0.15, -0.1) is 11.3 Å². The zero-order chi connectivity index (χ0) is 21.3. The van der Waals surface area contributed by atoms with E-state index in [0.717, 1.165) is 41.2 Å². The van der Waals surface area contributed by atoms with Crippen LogP contribution in [0.2, 0.25) is 10.0 Å². The third-order valence-corrected chi connectivity index (χ3v) is 7.02. The molecule has 1 saturated heterocycles. The summed E-state index contributed by atoms with van der Waals surface area (Å²) in [5, 5.41) is 4.06. The van der Waals surface area contributed by atoms with Crippen LogP contribution in [0.15, 0.2) is 41.8 Å². The van der Waals surface area contributed by atoms with Gasteiger partial charge in [-0.2, -0.15) is 0 Å². The third kappa shape index (κ3) is 4.66. The van der Waals surface area contributed by atoms with Crippen LogP contribution in [0.25, 0.3) is 11.3 Å². The number of amides is 1. The molecule has 0 atom stereocenters. The summed E-state index contributed by atoms with van der Waals surface area (Å²) in [6, 6.07) is 9.05. The number of halogens is 4. The molecule has 8 heteroatoms. The molecule has 0 aliphatic carbocycles. The van der Waals surface area contributed by atoms with Crippen LogP contribution in [0.3, 0.4) is 0 Å². The molecule has 3 aromatic rings. The van der Waals surface area contributed by atoms with Gasteiger partial charge in [0.1, 0.15) is 0 Å². The van der Waals surface area contributed by atoms with Gasteiger partial charge in [-0.05, 0) is 42.7 Å². The Kier molecular flexibility index (Phi) is 6.37. The van der Waals surface area contributed by atoms with Crippen LogP contribution in [0.1, 0.15) is 29.3 Å². The Bertz CT molecular complexity index is 1080. The van der Waals surface area contributed by atoms with E-state index in [9.17, 15) is 13.6 Å². The highest BCUT2D eigenvalue weighted by Crippen LogP contribution is 2.34. The first-order valence-electron chi connectivity index (χ1n) is 9.53. The first-order valence-corrected chi connectivity index (χ1v) is 11.2. The van der Waals surface area contributed by atoms with Gasteiger partial charge in [0, 0.05) is 30.0 Å². The largest absolute Gasteiger partial charge is 0.342 e. The number of piperidine rings is 1. The number of nitrogens with zero attached hydrogens (tertiary/aromatic N) is 2. The SMILES string of the molecule is O=C(Cc1ccc(F)c(F)c1)N1CCC(c2nc(-c3ccc(Cl)c(Cl)c3)cs2)CC1. The summed E-state index contributed by atoms with van der Waals surface area (Å²) in [7, 11) is 0. The van der Waals surface area contributed by atoms with Crippen molar-refractivity contribution < 1.29 is 13.6 Å². The minimum atomic E-state index is -0.930. The van der Waals surface area contributed by atoms with Gasteiger partial charge < -0.3 is 4.90 Å². The quantitative estimate of drug-likeness (QED) is 0.449. The summed E-state index contributed by atoms with van der Waals surface area (Å²) in [5.41, 5.74) is 2.27. The minimum absolute atomic E-state index is 0.0700. The van der Waals surface area contributed by atoms with Gasteiger partial charge in [0.15, 0.2) is 11.6 Å². The number of likely N-dealkylation sites (tertiary alicyclic amines) is 1. The van der Waals surface area contributed by atoms with Gasteiger partial charge in [-0.1, -0.05) is 35.3 Å². The van der Waals surface area contributed by atoms with Crippen molar-refractivity contribution in [2.24, 2.45) is 0 Å². The maximum Gasteiger partial charge on any atom is 0.226 e. The molecule has 0 N–H and O–H groups in total. The van der Waals surface area contributed by atoms with Crippen molar-refractivity contribution in [3.05, 3.63) is 74.0 Å². The molecular formula is C22H18Cl2F2N2OS. The molecule has 156 valence electrons. The molecule has 2 aromatic carbocycles. The van der Waals surface area contributed by atoms with Crippen LogP contribution in [0.5, 0.6) is 0 Å². The van der Waals surface area contributed by atoms with Crippen LogP contribution in [0, 0.1) is 11.6 Å². The lowest BCUT2D eigenvalue weighted by Gasteiger charge is -2.31. The Morgan fingerprint density at radius 3 is 2.53 bits per heavy atom. The fourth-order valence-electron chi connectivity index (χ4n) is 3.58. The Labute approximate surface area is 187 Å². The van der Waals surface area contributed by atoms with Crippen LogP contribution in [-0.2, 0) is 11.2 Å². The van der Waals surface area contributed by atoms with Crippen LogP contribution >= 0.6 is 34.5 Å². The fraction of sp³-hybridized carbons (Fsp3) is 0.273. The summed E-state index contributed by atoms with van der Waals surface area (Å²) in [6.45, 7) is 1.24. The lowest BCUT2D eigenvalue weighted by molar-refractivity contribution is -0.131. The first-order chi connectivity index (χ1) is 14.4. The molecule has 1 aromatic heterocycles. The van der Waals surface area contributed by atoms with E-state index in [1.165, 1.54) is 6.07 Å². The van der Waals surface area contributed by atoms with Crippen molar-refractivity contribution in [3.63, 3.8) is 0 Å². The monoisotopic (exact) mass is 466 g/mol. The van der Waals surface area contributed by atoms with Gasteiger partial charge in [0.25, 0.3) is 0 Å². The summed E-state index contributed by atoms with van der Waals surface area (Å²) in [6.07, 6.45) is 1.70. The maximum absolute atomic E-state index is 13.4. The van der Waals surface area contributed by atoms with Gasteiger partial charge in [-0.3, -0.25) is 4.79 Å². The second kappa shape index (κ2) is 9.00. The second-order valence-corrected chi connectivity index (χ2v) is 8.98. The van der Waals surface area contributed by atoms with E-state index < -0.39 is 11.6 Å². The summed E-state index contributed by atoms with van der Waals surface area (Å²) < 4.78 is 26.4. The molecular weight excluding hydrogens is 449 g/mol. The Hall–Kier alpha value is -2.02. The topological polar surface area (TPSA) is 33.2 Å². The number of carbonyl (C=O) groups is 1. The standard InChI is InChI=1S/C22H18Cl2F2N2OS/c23-16-3-2-15(11-17(16)24)20-12-30-22(27-20)14-5-7-28(8-6-14)21(29)10-13-1-4-18(25)19(26)9-13/h1-4,9,11-12,14H,5-8,10H2. The predicted molar refractivity (Wildman–Crippen MR) is 116 cm³/mol. The van der Waals surface area contributed by atoms with Crippen LogP contribution in [-0.4, -0.2) is 28.9 Å². The lowest BCUT2D eigenvalue weighted by atomic mass is 9.97. The van der Waals surface area contributed by atoms with Crippen molar-refractivity contribution in [2.45, 2.75) is 25.2 Å². The molecule has 1 fully saturated rings. The van der Waals surface area contributed by atoms with E-state index in [1.807, 2.05) is 17.5 Å². The summed E-state index contributed by atoms with van der Waals surface area (Å²) in [4.78, 5) is 19.1. The predicted octanol–water partition coefficient (Wildman–Crippen LogP) is 6.34. The molecule has 1 aliphatic rings. The number of rotatable bonds is 4. The number of aromatic nitrogens is 1. The van der Waals surface area contributed by atoms with Crippen molar-refractivity contribution >= 4 is 40.4 Å². The Morgan fingerprint density at radius 1 is 1.07 bits per heavy atom. The molecule has 4 rings (SSSR count). The lowest BCUT2D eigenvalue weighted by Crippen LogP contribution is -2.38. The highest BCUT2D eigenvalue weighted by atomic mass is 35.5.